The normalized spacial score (nSPS) is 15.4. The number of hydroxylamine groups is 1. The second kappa shape index (κ2) is 10.8. The number of amides is 1. The highest BCUT2D eigenvalue weighted by Gasteiger charge is 2.24. The van der Waals surface area contributed by atoms with Crippen LogP contribution in [-0.2, 0) is 9.63 Å². The van der Waals surface area contributed by atoms with Gasteiger partial charge in [-0.05, 0) is 54.5 Å². The Bertz CT molecular complexity index is 1420. The van der Waals surface area contributed by atoms with Gasteiger partial charge in [0.2, 0.25) is 5.91 Å². The highest BCUT2D eigenvalue weighted by atomic mass is 35.5. The fourth-order valence-electron chi connectivity index (χ4n) is 3.92. The quantitative estimate of drug-likeness (QED) is 0.397. The number of thiocarbonyl (C=S) groups is 1. The summed E-state index contributed by atoms with van der Waals surface area (Å²) in [6, 6.07) is 14.6. The summed E-state index contributed by atoms with van der Waals surface area (Å²) < 4.78 is 6.85. The molecule has 0 radical (unpaired) electrons. The molecule has 9 nitrogen and oxygen atoms in total. The van der Waals surface area contributed by atoms with Gasteiger partial charge in [0.1, 0.15) is 18.0 Å². The number of anilines is 1. The predicted octanol–water partition coefficient (Wildman–Crippen LogP) is 4.05. The minimum atomic E-state index is -0.793. The van der Waals surface area contributed by atoms with E-state index >= 15 is 0 Å². The van der Waals surface area contributed by atoms with E-state index in [1.807, 2.05) is 19.1 Å². The number of hydrogen-bond donors (Lipinski definition) is 3. The maximum atomic E-state index is 13.1. The average molecular weight is 524 g/mol. The maximum absolute atomic E-state index is 13.1. The number of carbonyl (C=O) groups excluding carboxylic acids is 1. The SMILES string of the molecule is CCC(C(=O)Nc1ccc(C2NOC(=S)N2)cc1)n1cc(OC)c(-c2cc(Cl)ccc2C#N)cc1=O. The molecule has 2 aromatic carbocycles. The first-order valence-corrected chi connectivity index (χ1v) is 11.8. The zero-order valence-electron chi connectivity index (χ0n) is 19.4. The van der Waals surface area contributed by atoms with E-state index in [-0.39, 0.29) is 17.2 Å². The zero-order valence-corrected chi connectivity index (χ0v) is 20.9. The summed E-state index contributed by atoms with van der Waals surface area (Å²) in [6.07, 6.45) is 1.56. The summed E-state index contributed by atoms with van der Waals surface area (Å²) in [6.45, 7) is 1.81. The molecule has 0 aliphatic carbocycles. The number of pyridine rings is 1. The molecule has 4 rings (SSSR count). The molecule has 36 heavy (non-hydrogen) atoms. The predicted molar refractivity (Wildman–Crippen MR) is 140 cm³/mol. The summed E-state index contributed by atoms with van der Waals surface area (Å²) in [5.41, 5.74) is 5.02. The standard InChI is InChI=1S/C25H22ClN5O4S/c1-3-20(24(33)28-17-8-5-14(6-9-17)23-29-25(36)35-30-23)31-13-21(34-2)19(11-22(31)32)18-10-16(26)7-4-15(18)12-27/h4-11,13,20,23,30H,3H2,1-2H3,(H,28,33)(H,29,36). The Morgan fingerprint density at radius 1 is 1.28 bits per heavy atom. The van der Waals surface area contributed by atoms with Crippen LogP contribution in [0.1, 0.15) is 36.7 Å². The molecule has 0 bridgehead atoms. The van der Waals surface area contributed by atoms with E-state index in [1.165, 1.54) is 23.9 Å². The molecule has 2 atom stereocenters. The summed E-state index contributed by atoms with van der Waals surface area (Å²) in [5, 5.41) is 16.0. The molecule has 2 heterocycles. The first kappa shape index (κ1) is 25.2. The Hall–Kier alpha value is -3.91. The number of rotatable bonds is 7. The van der Waals surface area contributed by atoms with Crippen molar-refractivity contribution in [3.05, 3.63) is 81.2 Å². The van der Waals surface area contributed by atoms with Gasteiger partial charge in [-0.25, -0.2) is 0 Å². The lowest BCUT2D eigenvalue weighted by molar-refractivity contribution is -0.119. The van der Waals surface area contributed by atoms with Crippen molar-refractivity contribution in [1.29, 1.82) is 5.26 Å². The van der Waals surface area contributed by atoms with Crippen LogP contribution in [-0.4, -0.2) is 22.8 Å². The second-order valence-corrected chi connectivity index (χ2v) is 8.73. The average Bonchev–Trinajstić information content (AvgIpc) is 3.31. The van der Waals surface area contributed by atoms with E-state index in [9.17, 15) is 14.9 Å². The third-order valence-corrected chi connectivity index (χ3v) is 6.16. The lowest BCUT2D eigenvalue weighted by Crippen LogP contribution is -2.32. The summed E-state index contributed by atoms with van der Waals surface area (Å²) in [4.78, 5) is 31.3. The lowest BCUT2D eigenvalue weighted by Gasteiger charge is -2.20. The van der Waals surface area contributed by atoms with E-state index < -0.39 is 11.6 Å². The Kier molecular flexibility index (Phi) is 7.55. The number of aromatic nitrogens is 1. The number of methoxy groups -OCH3 is 1. The number of nitrogens with zero attached hydrogens (tertiary/aromatic N) is 2. The smallest absolute Gasteiger partial charge is 0.280 e. The van der Waals surface area contributed by atoms with Crippen molar-refractivity contribution in [2.75, 3.05) is 12.4 Å². The van der Waals surface area contributed by atoms with Crippen LogP contribution in [0.5, 0.6) is 5.75 Å². The van der Waals surface area contributed by atoms with Crippen molar-refractivity contribution < 1.29 is 14.4 Å². The Morgan fingerprint density at radius 3 is 2.64 bits per heavy atom. The van der Waals surface area contributed by atoms with Crippen LogP contribution in [0.4, 0.5) is 5.69 Å². The zero-order chi connectivity index (χ0) is 25.8. The Labute approximate surface area is 217 Å². The number of halogens is 1. The van der Waals surface area contributed by atoms with Crippen LogP contribution in [0.15, 0.2) is 59.5 Å². The molecule has 0 spiro atoms. The minimum absolute atomic E-state index is 0.259. The third-order valence-electron chi connectivity index (χ3n) is 5.72. The van der Waals surface area contributed by atoms with Crippen molar-refractivity contribution in [3.8, 4) is 22.9 Å². The molecule has 1 amide bonds. The monoisotopic (exact) mass is 523 g/mol. The first-order chi connectivity index (χ1) is 17.3. The van der Waals surface area contributed by atoms with Gasteiger partial charge in [-0.15, -0.1) is 5.48 Å². The fraction of sp³-hybridized carbons (Fsp3) is 0.200. The second-order valence-electron chi connectivity index (χ2n) is 7.92. The molecule has 1 fully saturated rings. The van der Waals surface area contributed by atoms with Gasteiger partial charge in [-0.3, -0.25) is 14.2 Å². The van der Waals surface area contributed by atoms with Gasteiger partial charge in [-0.2, -0.15) is 5.26 Å². The number of nitriles is 1. The molecule has 0 saturated carbocycles. The molecule has 3 N–H and O–H groups in total. The van der Waals surface area contributed by atoms with Crippen molar-refractivity contribution in [2.24, 2.45) is 0 Å². The van der Waals surface area contributed by atoms with Crippen molar-refractivity contribution in [3.63, 3.8) is 0 Å². The first-order valence-electron chi connectivity index (χ1n) is 11.0. The molecule has 1 saturated heterocycles. The molecule has 11 heteroatoms. The summed E-state index contributed by atoms with van der Waals surface area (Å²) in [7, 11) is 1.46. The van der Waals surface area contributed by atoms with Gasteiger partial charge in [0.05, 0.1) is 24.9 Å². The van der Waals surface area contributed by atoms with Gasteiger partial charge >= 0.3 is 0 Å². The van der Waals surface area contributed by atoms with E-state index in [2.05, 4.69) is 22.2 Å². The molecule has 1 aromatic heterocycles. The number of hydrogen-bond acceptors (Lipinski definition) is 7. The molecular weight excluding hydrogens is 502 g/mol. The van der Waals surface area contributed by atoms with Crippen molar-refractivity contribution in [1.82, 2.24) is 15.4 Å². The summed E-state index contributed by atoms with van der Waals surface area (Å²) >= 11 is 11.1. The molecule has 2 unspecified atom stereocenters. The molecule has 1 aliphatic heterocycles. The van der Waals surface area contributed by atoms with Gasteiger partial charge in [0, 0.05) is 27.9 Å². The molecule has 184 valence electrons. The van der Waals surface area contributed by atoms with Crippen LogP contribution in [0, 0.1) is 11.3 Å². The number of ether oxygens (including phenoxy) is 1. The van der Waals surface area contributed by atoms with Crippen LogP contribution in [0.25, 0.3) is 11.1 Å². The summed E-state index contributed by atoms with van der Waals surface area (Å²) in [5.74, 6) is -0.0232. The maximum Gasteiger partial charge on any atom is 0.280 e. The number of benzene rings is 2. The Morgan fingerprint density at radius 2 is 2.03 bits per heavy atom. The minimum Gasteiger partial charge on any atom is -0.495 e. The third kappa shape index (κ3) is 5.18. The Balaban J connectivity index is 1.60. The van der Waals surface area contributed by atoms with E-state index in [4.69, 9.17) is 33.4 Å². The number of carbonyl (C=O) groups is 1. The largest absolute Gasteiger partial charge is 0.495 e. The van der Waals surface area contributed by atoms with Gasteiger partial charge in [0.25, 0.3) is 10.7 Å². The van der Waals surface area contributed by atoms with Crippen LogP contribution >= 0.6 is 23.8 Å². The van der Waals surface area contributed by atoms with E-state index in [0.717, 1.165) is 5.56 Å². The lowest BCUT2D eigenvalue weighted by atomic mass is 10.00. The van der Waals surface area contributed by atoms with Gasteiger partial charge in [-0.1, -0.05) is 30.7 Å². The van der Waals surface area contributed by atoms with Crippen molar-refractivity contribution in [2.45, 2.75) is 25.6 Å². The van der Waals surface area contributed by atoms with Gasteiger partial charge < -0.3 is 20.2 Å². The molecule has 1 aliphatic rings. The highest BCUT2D eigenvalue weighted by Crippen LogP contribution is 2.33. The van der Waals surface area contributed by atoms with E-state index in [1.54, 1.807) is 30.3 Å². The highest BCUT2D eigenvalue weighted by molar-refractivity contribution is 7.80. The number of nitrogens with one attached hydrogen (secondary N) is 3. The van der Waals surface area contributed by atoms with Crippen molar-refractivity contribution >= 4 is 40.6 Å². The van der Waals surface area contributed by atoms with Gasteiger partial charge in [0.15, 0.2) is 0 Å². The van der Waals surface area contributed by atoms with Crippen LogP contribution in [0.2, 0.25) is 5.02 Å². The molecule has 3 aromatic rings. The van der Waals surface area contributed by atoms with Crippen LogP contribution in [0.3, 0.4) is 0 Å². The van der Waals surface area contributed by atoms with E-state index in [0.29, 0.717) is 39.6 Å². The van der Waals surface area contributed by atoms with Crippen LogP contribution < -0.4 is 26.4 Å². The molecular formula is C25H22ClN5O4S. The fourth-order valence-corrected chi connectivity index (χ4v) is 4.25. The topological polar surface area (TPSA) is 117 Å².